The molecule has 6 heterocycles. The minimum absolute atomic E-state index is 0.0657. The Balaban J connectivity index is 0.746. The van der Waals surface area contributed by atoms with E-state index in [0.29, 0.717) is 48.1 Å². The number of aryl methyl sites for hydroxylation is 1. The number of halogens is 4. The summed E-state index contributed by atoms with van der Waals surface area (Å²) >= 11 is 0. The lowest BCUT2D eigenvalue weighted by atomic mass is 10.0. The Bertz CT molecular complexity index is 3340. The van der Waals surface area contributed by atoms with Gasteiger partial charge in [0.1, 0.15) is 30.1 Å². The number of amides is 4. The van der Waals surface area contributed by atoms with Crippen LogP contribution >= 0.6 is 0 Å². The zero-order chi connectivity index (χ0) is 53.0. The number of hydrogen-bond donors (Lipinski definition) is 5. The summed E-state index contributed by atoms with van der Waals surface area (Å²) in [5.41, 5.74) is 1.21. The predicted octanol–water partition coefficient (Wildman–Crippen LogP) is 4.92. The monoisotopic (exact) mass is 1040 g/mol. The Hall–Kier alpha value is -7.93. The number of carbonyl (C=O) groups excluding carboxylic acids is 4. The average Bonchev–Trinajstić information content (AvgIpc) is 3.79. The Morgan fingerprint density at radius 2 is 1.61 bits per heavy atom. The number of piperidine rings is 1. The molecule has 5 N–H and O–H groups in total. The van der Waals surface area contributed by atoms with Crippen LogP contribution in [0.15, 0.2) is 77.9 Å². The molecule has 4 aliphatic heterocycles. The molecule has 75 heavy (non-hydrogen) atoms. The smallest absolute Gasteiger partial charge is 0.493 e. The van der Waals surface area contributed by atoms with Crippen molar-refractivity contribution >= 4 is 56.8 Å². The summed E-state index contributed by atoms with van der Waals surface area (Å²) in [6.45, 7) is 2.28. The van der Waals surface area contributed by atoms with Crippen molar-refractivity contribution in [3.8, 4) is 28.9 Å². The van der Waals surface area contributed by atoms with E-state index in [2.05, 4.69) is 35.6 Å². The minimum Gasteiger partial charge on any atom is -0.493 e. The molecule has 0 spiro atoms. The van der Waals surface area contributed by atoms with E-state index < -0.39 is 47.8 Å². The molecule has 2 bridgehead atoms. The number of nitrogens with zero attached hydrogens (tertiary/aromatic N) is 6. The van der Waals surface area contributed by atoms with Crippen LogP contribution in [-0.4, -0.2) is 133 Å². The summed E-state index contributed by atoms with van der Waals surface area (Å²) in [5, 5.41) is 28.5. The third kappa shape index (κ3) is 10.2. The molecule has 24 heteroatoms. The highest BCUT2D eigenvalue weighted by Gasteiger charge is 2.43. The van der Waals surface area contributed by atoms with E-state index in [4.69, 9.17) is 14.2 Å². The second kappa shape index (κ2) is 20.1. The van der Waals surface area contributed by atoms with Gasteiger partial charge in [0.2, 0.25) is 17.2 Å². The first-order valence-corrected chi connectivity index (χ1v) is 23.8. The first-order valence-electron chi connectivity index (χ1n) is 23.8. The maximum atomic E-state index is 15.7. The van der Waals surface area contributed by atoms with Crippen LogP contribution in [0.2, 0.25) is 0 Å². The average molecular weight is 1040 g/mol. The molecule has 4 amide bonds. The van der Waals surface area contributed by atoms with E-state index >= 15 is 4.39 Å². The molecule has 392 valence electrons. The Morgan fingerprint density at radius 1 is 0.867 bits per heavy atom. The lowest BCUT2D eigenvalue weighted by Crippen LogP contribution is -2.57. The number of carbonyl (C=O) groups is 4. The number of fused-ring (bicyclic) bond motifs is 5. The standard InChI is InChI=1S/C51H49F4N9O11/c1-25-45(46(68)34-16-31(75-51(53,54)55)8-10-37(34)61(25)2)48(70)59-28-5-12-39(35(52)15-28)74-49-33-17-40(72-3)41(18-36(33)56-24-57-49)73-23-44(67)62-20-29-6-7-30(21-62)63(29)22-43(66)58-27-4-9-32-26(14-27)19-64(50(32)71)38-11-13-42(65)60-47(38)69/h4-5,8-10,12,14-18,24,29-30,38,42,47,60,65,69H,6-7,11,13,19-23H2,1-3H3,(H,58,66)(H,59,70). The Kier molecular flexibility index (Phi) is 13.5. The zero-order valence-corrected chi connectivity index (χ0v) is 40.4. The van der Waals surface area contributed by atoms with Gasteiger partial charge in [0, 0.05) is 73.5 Å². The van der Waals surface area contributed by atoms with Gasteiger partial charge in [0.25, 0.3) is 17.7 Å². The van der Waals surface area contributed by atoms with Crippen molar-refractivity contribution in [3.63, 3.8) is 0 Å². The normalized spacial score (nSPS) is 20.5. The number of anilines is 2. The highest BCUT2D eigenvalue weighted by atomic mass is 19.4. The minimum atomic E-state index is -5.01. The largest absolute Gasteiger partial charge is 0.573 e. The highest BCUT2D eigenvalue weighted by molar-refractivity contribution is 6.07. The molecule has 10 rings (SSSR count). The molecule has 0 radical (unpaired) electrons. The number of methoxy groups -OCH3 is 1. The third-order valence-corrected chi connectivity index (χ3v) is 14.2. The van der Waals surface area contributed by atoms with Crippen molar-refractivity contribution < 1.29 is 65.9 Å². The number of ether oxygens (including phenoxy) is 4. The number of nitrogens with one attached hydrogen (secondary N) is 3. The molecule has 4 aromatic carbocycles. The molecule has 4 aliphatic rings. The van der Waals surface area contributed by atoms with Gasteiger partial charge in [0.05, 0.1) is 41.5 Å². The van der Waals surface area contributed by atoms with E-state index in [9.17, 15) is 47.4 Å². The maximum Gasteiger partial charge on any atom is 0.573 e. The van der Waals surface area contributed by atoms with Crippen molar-refractivity contribution in [2.45, 2.75) is 76.1 Å². The molecule has 0 aliphatic carbocycles. The number of benzene rings is 4. The molecule has 3 saturated heterocycles. The van der Waals surface area contributed by atoms with Gasteiger partial charge in [-0.15, -0.1) is 13.2 Å². The second-order valence-corrected chi connectivity index (χ2v) is 18.7. The summed E-state index contributed by atoms with van der Waals surface area (Å²) in [7, 11) is 2.92. The van der Waals surface area contributed by atoms with Gasteiger partial charge < -0.3 is 54.2 Å². The van der Waals surface area contributed by atoms with Crippen LogP contribution in [0.25, 0.3) is 21.8 Å². The summed E-state index contributed by atoms with van der Waals surface area (Å²) in [6, 6.07) is 14.2. The van der Waals surface area contributed by atoms with E-state index in [-0.39, 0.29) is 100 Å². The van der Waals surface area contributed by atoms with Gasteiger partial charge in [-0.05, 0) is 92.8 Å². The predicted molar refractivity (Wildman–Crippen MR) is 260 cm³/mol. The number of aromatic nitrogens is 3. The van der Waals surface area contributed by atoms with Crippen LogP contribution in [0.4, 0.5) is 28.9 Å². The first kappa shape index (κ1) is 50.6. The number of alkyl halides is 3. The van der Waals surface area contributed by atoms with Crippen LogP contribution < -0.4 is 40.3 Å². The van der Waals surface area contributed by atoms with Crippen LogP contribution in [0.1, 0.15) is 57.7 Å². The number of aliphatic hydroxyl groups is 2. The van der Waals surface area contributed by atoms with E-state index in [1.807, 2.05) is 0 Å². The quantitative estimate of drug-likeness (QED) is 0.0966. The van der Waals surface area contributed by atoms with Gasteiger partial charge in [-0.2, -0.15) is 0 Å². The van der Waals surface area contributed by atoms with Crippen molar-refractivity contribution in [2.24, 2.45) is 7.05 Å². The first-order chi connectivity index (χ1) is 35.8. The van der Waals surface area contributed by atoms with E-state index in [1.54, 1.807) is 28.0 Å². The van der Waals surface area contributed by atoms with E-state index in [1.165, 1.54) is 62.3 Å². The summed E-state index contributed by atoms with van der Waals surface area (Å²) in [5.74, 6) is -3.24. The molecule has 2 aromatic heterocycles. The topological polar surface area (TPSA) is 239 Å². The fourth-order valence-electron chi connectivity index (χ4n) is 10.4. The van der Waals surface area contributed by atoms with Gasteiger partial charge >= 0.3 is 6.36 Å². The number of aliphatic hydroxyl groups excluding tert-OH is 2. The van der Waals surface area contributed by atoms with Crippen molar-refractivity contribution in [3.05, 3.63) is 111 Å². The van der Waals surface area contributed by atoms with Crippen molar-refractivity contribution in [1.29, 1.82) is 0 Å². The van der Waals surface area contributed by atoms with Crippen LogP contribution in [0, 0.1) is 12.7 Å². The van der Waals surface area contributed by atoms with Crippen molar-refractivity contribution in [1.82, 2.24) is 34.6 Å². The summed E-state index contributed by atoms with van der Waals surface area (Å²) in [4.78, 5) is 81.0. The number of pyridine rings is 1. The van der Waals surface area contributed by atoms with Gasteiger partial charge in [-0.1, -0.05) is 0 Å². The van der Waals surface area contributed by atoms with Gasteiger partial charge in [-0.3, -0.25) is 34.2 Å². The molecular formula is C51H49F4N9O11. The molecule has 6 aromatic rings. The Labute approximate surface area is 423 Å². The van der Waals surface area contributed by atoms with Crippen molar-refractivity contribution in [2.75, 3.05) is 44.0 Å². The third-order valence-electron chi connectivity index (χ3n) is 14.2. The lowest BCUT2D eigenvalue weighted by Gasteiger charge is -2.40. The molecule has 0 saturated carbocycles. The fourth-order valence-corrected chi connectivity index (χ4v) is 10.4. The number of piperazine rings is 1. The van der Waals surface area contributed by atoms with Gasteiger partial charge in [0.15, 0.2) is 29.7 Å². The summed E-state index contributed by atoms with van der Waals surface area (Å²) < 4.78 is 77.3. The molecule has 5 unspecified atom stereocenters. The number of likely N-dealkylation sites (tertiary alicyclic amines) is 1. The number of hydrogen-bond acceptors (Lipinski definition) is 15. The van der Waals surface area contributed by atoms with Crippen LogP contribution in [0.5, 0.6) is 28.9 Å². The Morgan fingerprint density at radius 3 is 2.33 bits per heavy atom. The summed E-state index contributed by atoms with van der Waals surface area (Å²) in [6.07, 6.45) is -3.31. The van der Waals surface area contributed by atoms with Crippen LogP contribution in [0.3, 0.4) is 0 Å². The second-order valence-electron chi connectivity index (χ2n) is 18.7. The maximum absolute atomic E-state index is 15.7. The molecular weight excluding hydrogens is 991 g/mol. The van der Waals surface area contributed by atoms with E-state index in [0.717, 1.165) is 36.6 Å². The highest BCUT2D eigenvalue weighted by Crippen LogP contribution is 2.38. The SMILES string of the molecule is COc1cc2c(Oc3ccc(NC(=O)c4c(C)n(C)c5ccc(OC(F)(F)F)cc5c4=O)cc3F)ncnc2cc1OCC(=O)N1CC2CCC(C1)N2CC(=O)Nc1ccc2c(c1)CN(C1CCC(O)NC1O)C2=O. The fraction of sp³-hybridized carbons (Fsp3) is 0.353. The van der Waals surface area contributed by atoms with Crippen LogP contribution in [-0.2, 0) is 23.2 Å². The van der Waals surface area contributed by atoms with Gasteiger partial charge in [-0.25, -0.2) is 14.4 Å². The molecule has 5 atom stereocenters. The molecule has 20 nitrogen and oxygen atoms in total. The zero-order valence-electron chi connectivity index (χ0n) is 40.4. The lowest BCUT2D eigenvalue weighted by molar-refractivity contribution is -0.274. The number of rotatable bonds is 13. The molecule has 3 fully saturated rings.